The fraction of sp³-hybridized carbons (Fsp3) is 0.318. The lowest BCUT2D eigenvalue weighted by Gasteiger charge is -2.15. The topological polar surface area (TPSA) is 146 Å². The lowest BCUT2D eigenvalue weighted by molar-refractivity contribution is -0.120. The predicted octanol–water partition coefficient (Wildman–Crippen LogP) is 1.25. The third-order valence-corrected chi connectivity index (χ3v) is 4.47. The lowest BCUT2D eigenvalue weighted by Crippen LogP contribution is -2.44. The van der Waals surface area contributed by atoms with Crippen LogP contribution in [-0.2, 0) is 11.2 Å². The van der Waals surface area contributed by atoms with Crippen LogP contribution < -0.4 is 27.3 Å². The van der Waals surface area contributed by atoms with Gasteiger partial charge in [-0.15, -0.1) is 0 Å². The molecule has 0 saturated carbocycles. The maximum atomic E-state index is 12.5. The van der Waals surface area contributed by atoms with Crippen molar-refractivity contribution in [1.82, 2.24) is 5.32 Å². The Kier molecular flexibility index (Phi) is 8.68. The van der Waals surface area contributed by atoms with E-state index in [1.807, 2.05) is 6.92 Å². The Hall–Kier alpha value is -3.55. The van der Waals surface area contributed by atoms with Gasteiger partial charge in [-0.25, -0.2) is 0 Å². The Morgan fingerprint density at radius 2 is 1.83 bits per heavy atom. The van der Waals surface area contributed by atoms with Crippen molar-refractivity contribution in [3.8, 4) is 5.75 Å². The molecule has 0 aliphatic carbocycles. The maximum Gasteiger partial charge on any atom is 0.252 e. The molecule has 0 unspecified atom stereocenters. The zero-order valence-electron chi connectivity index (χ0n) is 17.1. The minimum atomic E-state index is -0.808. The van der Waals surface area contributed by atoms with Gasteiger partial charge in [-0.05, 0) is 43.5 Å². The van der Waals surface area contributed by atoms with E-state index < -0.39 is 17.9 Å². The first-order chi connectivity index (χ1) is 14.3. The highest BCUT2D eigenvalue weighted by atomic mass is 16.5. The fourth-order valence-electron chi connectivity index (χ4n) is 2.80. The summed E-state index contributed by atoms with van der Waals surface area (Å²) >= 11 is 0. The van der Waals surface area contributed by atoms with Crippen LogP contribution in [0.1, 0.15) is 34.3 Å². The molecule has 0 spiro atoms. The Morgan fingerprint density at radius 1 is 1.10 bits per heavy atom. The number of hydrogen-bond donors (Lipinski definition) is 4. The second-order valence-electron chi connectivity index (χ2n) is 6.99. The largest absolute Gasteiger partial charge is 0.493 e. The maximum absolute atomic E-state index is 12.5. The summed E-state index contributed by atoms with van der Waals surface area (Å²) in [5.41, 5.74) is 18.7. The molecule has 2 aromatic carbocycles. The fourth-order valence-corrected chi connectivity index (χ4v) is 2.80. The van der Waals surface area contributed by atoms with Crippen molar-refractivity contribution in [2.75, 3.05) is 13.2 Å². The van der Waals surface area contributed by atoms with E-state index in [1.165, 1.54) is 11.1 Å². The van der Waals surface area contributed by atoms with E-state index in [4.69, 9.17) is 21.9 Å². The molecule has 0 aliphatic rings. The quantitative estimate of drug-likeness (QED) is 0.250. The molecule has 30 heavy (non-hydrogen) atoms. The van der Waals surface area contributed by atoms with Gasteiger partial charge in [0.15, 0.2) is 5.96 Å². The Labute approximate surface area is 176 Å². The molecule has 0 aromatic heterocycles. The summed E-state index contributed by atoms with van der Waals surface area (Å²) < 4.78 is 5.78. The van der Waals surface area contributed by atoms with Crippen LogP contribution >= 0.6 is 0 Å². The first-order valence-electron chi connectivity index (χ1n) is 9.79. The Morgan fingerprint density at radius 3 is 2.50 bits per heavy atom. The summed E-state index contributed by atoms with van der Waals surface area (Å²) in [5.74, 6) is -0.449. The zero-order valence-corrected chi connectivity index (χ0v) is 17.1. The number of carbonyl (C=O) groups is 2. The second kappa shape index (κ2) is 11.5. The molecular weight excluding hydrogens is 382 g/mol. The van der Waals surface area contributed by atoms with E-state index in [0.29, 0.717) is 37.3 Å². The number of carbonyl (C=O) groups excluding carboxylic acids is 2. The molecule has 0 radical (unpaired) electrons. The van der Waals surface area contributed by atoms with E-state index in [9.17, 15) is 9.59 Å². The van der Waals surface area contributed by atoms with Crippen LogP contribution in [0.25, 0.3) is 0 Å². The summed E-state index contributed by atoms with van der Waals surface area (Å²) in [7, 11) is 0. The van der Waals surface area contributed by atoms with Gasteiger partial charge >= 0.3 is 0 Å². The molecule has 8 heteroatoms. The van der Waals surface area contributed by atoms with Crippen molar-refractivity contribution in [3.05, 3.63) is 65.2 Å². The molecule has 0 heterocycles. The third-order valence-electron chi connectivity index (χ3n) is 4.47. The summed E-state index contributed by atoms with van der Waals surface area (Å²) in [6.07, 6.45) is 1.61. The lowest BCUT2D eigenvalue weighted by atomic mass is 10.1. The molecule has 1 atom stereocenters. The number of ether oxygens (including phenoxy) is 1. The summed E-state index contributed by atoms with van der Waals surface area (Å²) in [5, 5.41) is 2.66. The van der Waals surface area contributed by atoms with E-state index in [-0.39, 0.29) is 5.96 Å². The molecule has 0 aliphatic heterocycles. The molecular formula is C22H29N5O3. The van der Waals surface area contributed by atoms with Crippen LogP contribution in [0, 0.1) is 6.92 Å². The predicted molar refractivity (Wildman–Crippen MR) is 117 cm³/mol. The van der Waals surface area contributed by atoms with Gasteiger partial charge in [-0.3, -0.25) is 14.6 Å². The number of guanidine groups is 1. The van der Waals surface area contributed by atoms with Gasteiger partial charge < -0.3 is 27.3 Å². The van der Waals surface area contributed by atoms with Crippen LogP contribution in [0.3, 0.4) is 0 Å². The number of rotatable bonds is 11. The van der Waals surface area contributed by atoms with Gasteiger partial charge in [0.05, 0.1) is 6.61 Å². The number of nitrogens with one attached hydrogen (secondary N) is 1. The normalized spacial score (nSPS) is 11.4. The molecule has 0 bridgehead atoms. The van der Waals surface area contributed by atoms with E-state index in [2.05, 4.69) is 34.6 Å². The van der Waals surface area contributed by atoms with Crippen molar-refractivity contribution in [1.29, 1.82) is 0 Å². The van der Waals surface area contributed by atoms with Crippen molar-refractivity contribution in [2.45, 2.75) is 32.2 Å². The minimum absolute atomic E-state index is 0.0196. The van der Waals surface area contributed by atoms with Crippen LogP contribution in [0.5, 0.6) is 5.75 Å². The number of hydrogen-bond acceptors (Lipinski definition) is 4. The van der Waals surface area contributed by atoms with Crippen molar-refractivity contribution >= 4 is 17.8 Å². The summed E-state index contributed by atoms with van der Waals surface area (Å²) in [6, 6.07) is 14.3. The number of benzene rings is 2. The van der Waals surface area contributed by atoms with Crippen LogP contribution in [0.15, 0.2) is 53.5 Å². The minimum Gasteiger partial charge on any atom is -0.493 e. The van der Waals surface area contributed by atoms with E-state index in [0.717, 1.165) is 6.42 Å². The van der Waals surface area contributed by atoms with Crippen LogP contribution in [0.4, 0.5) is 0 Å². The summed E-state index contributed by atoms with van der Waals surface area (Å²) in [6.45, 7) is 2.89. The number of nitrogens with two attached hydrogens (primary N) is 3. The van der Waals surface area contributed by atoms with Gasteiger partial charge in [-0.2, -0.15) is 0 Å². The van der Waals surface area contributed by atoms with E-state index in [1.54, 1.807) is 24.3 Å². The van der Waals surface area contributed by atoms with Crippen molar-refractivity contribution in [2.24, 2.45) is 22.2 Å². The molecule has 160 valence electrons. The van der Waals surface area contributed by atoms with Crippen LogP contribution in [-0.4, -0.2) is 37.0 Å². The zero-order chi connectivity index (χ0) is 21.9. The van der Waals surface area contributed by atoms with Gasteiger partial charge in [0, 0.05) is 18.5 Å². The average molecular weight is 412 g/mol. The highest BCUT2D eigenvalue weighted by Crippen LogP contribution is 2.15. The van der Waals surface area contributed by atoms with Crippen molar-refractivity contribution in [3.63, 3.8) is 0 Å². The number of nitrogens with zero attached hydrogens (tertiary/aromatic N) is 1. The molecule has 2 amide bonds. The highest BCUT2D eigenvalue weighted by Gasteiger charge is 2.18. The van der Waals surface area contributed by atoms with Gasteiger partial charge in [0.25, 0.3) is 5.91 Å². The van der Waals surface area contributed by atoms with Crippen molar-refractivity contribution < 1.29 is 14.3 Å². The molecule has 0 fully saturated rings. The number of aryl methyl sites for hydroxylation is 1. The molecule has 2 aromatic rings. The highest BCUT2D eigenvalue weighted by molar-refractivity contribution is 5.97. The number of amides is 2. The smallest absolute Gasteiger partial charge is 0.252 e. The van der Waals surface area contributed by atoms with Gasteiger partial charge in [0.2, 0.25) is 5.91 Å². The van der Waals surface area contributed by atoms with Gasteiger partial charge in [-0.1, -0.05) is 35.9 Å². The first-order valence-corrected chi connectivity index (χ1v) is 9.79. The SMILES string of the molecule is Cc1ccc(CCOc2cccc(C(=O)N[C@@H](CCCN=C(N)N)C(N)=O)c2)cc1. The third kappa shape index (κ3) is 7.83. The Bertz CT molecular complexity index is 877. The number of primary amides is 1. The standard InChI is InChI=1S/C22H29N5O3/c1-15-7-9-16(10-8-15)11-13-30-18-5-2-4-17(14-18)21(29)27-19(20(23)28)6-3-12-26-22(24)25/h2,4-5,7-10,14,19H,3,6,11-13H2,1H3,(H2,23,28)(H,27,29)(H4,24,25,26)/t19-/m0/s1. The van der Waals surface area contributed by atoms with E-state index >= 15 is 0 Å². The van der Waals surface area contributed by atoms with Crippen LogP contribution in [0.2, 0.25) is 0 Å². The summed E-state index contributed by atoms with van der Waals surface area (Å²) in [4.78, 5) is 28.0. The first kappa shape index (κ1) is 22.7. The Balaban J connectivity index is 1.89. The molecule has 0 saturated heterocycles. The second-order valence-corrected chi connectivity index (χ2v) is 6.99. The molecule has 2 rings (SSSR count). The average Bonchev–Trinajstić information content (AvgIpc) is 2.71. The molecule has 7 N–H and O–H groups in total. The van der Waals surface area contributed by atoms with Gasteiger partial charge in [0.1, 0.15) is 11.8 Å². The number of aliphatic imine (C=N–C) groups is 1. The monoisotopic (exact) mass is 411 g/mol. The molecule has 8 nitrogen and oxygen atoms in total.